The van der Waals surface area contributed by atoms with Crippen LogP contribution in [-0.4, -0.2) is 33.5 Å². The van der Waals surface area contributed by atoms with Crippen LogP contribution in [0.5, 0.6) is 0 Å². The first-order valence-corrected chi connectivity index (χ1v) is 11.4. The van der Waals surface area contributed by atoms with E-state index in [2.05, 4.69) is 20.8 Å². The summed E-state index contributed by atoms with van der Waals surface area (Å²) in [6.45, 7) is 0. The Labute approximate surface area is 175 Å². The van der Waals surface area contributed by atoms with Crippen molar-refractivity contribution in [1.82, 2.24) is 10.2 Å². The van der Waals surface area contributed by atoms with E-state index in [0.717, 1.165) is 11.4 Å². The summed E-state index contributed by atoms with van der Waals surface area (Å²) in [7, 11) is 0. The van der Waals surface area contributed by atoms with Gasteiger partial charge >= 0.3 is 0 Å². The van der Waals surface area contributed by atoms with Gasteiger partial charge in [0.2, 0.25) is 16.9 Å². The maximum Gasteiger partial charge on any atom is 0.236 e. The van der Waals surface area contributed by atoms with Gasteiger partial charge in [-0.3, -0.25) is 14.9 Å². The van der Waals surface area contributed by atoms with Gasteiger partial charge < -0.3 is 5.32 Å². The molecule has 0 fully saturated rings. The van der Waals surface area contributed by atoms with E-state index in [9.17, 15) is 9.59 Å². The van der Waals surface area contributed by atoms with Crippen LogP contribution in [0.1, 0.15) is 5.56 Å². The van der Waals surface area contributed by atoms with Crippen molar-refractivity contribution in [1.29, 1.82) is 0 Å². The number of nitrogens with zero attached hydrogens (tertiary/aromatic N) is 2. The van der Waals surface area contributed by atoms with Gasteiger partial charge in [-0.15, -0.1) is 22.0 Å². The maximum absolute atomic E-state index is 12.0. The van der Waals surface area contributed by atoms with E-state index < -0.39 is 0 Å². The quantitative estimate of drug-likeness (QED) is 0.392. The second-order valence-electron chi connectivity index (χ2n) is 5.60. The number of para-hydroxylation sites is 1. The van der Waals surface area contributed by atoms with Crippen molar-refractivity contribution in [3.63, 3.8) is 0 Å². The van der Waals surface area contributed by atoms with Crippen molar-refractivity contribution in [3.8, 4) is 0 Å². The lowest BCUT2D eigenvalue weighted by atomic mass is 10.2. The summed E-state index contributed by atoms with van der Waals surface area (Å²) in [6, 6.07) is 19.3. The summed E-state index contributed by atoms with van der Waals surface area (Å²) in [5, 5.41) is 14.0. The zero-order valence-corrected chi connectivity index (χ0v) is 17.3. The molecule has 9 heteroatoms. The van der Waals surface area contributed by atoms with Crippen LogP contribution in [0.4, 0.5) is 10.8 Å². The first kappa shape index (κ1) is 20.4. The van der Waals surface area contributed by atoms with Gasteiger partial charge in [0.25, 0.3) is 0 Å². The van der Waals surface area contributed by atoms with E-state index in [1.807, 2.05) is 60.7 Å². The molecule has 0 saturated carbocycles. The molecule has 0 unspecified atom stereocenters. The Morgan fingerprint density at radius 3 is 2.29 bits per heavy atom. The van der Waals surface area contributed by atoms with Gasteiger partial charge in [0, 0.05) is 11.4 Å². The number of anilines is 2. The summed E-state index contributed by atoms with van der Waals surface area (Å²) < 4.78 is 0.635. The van der Waals surface area contributed by atoms with Gasteiger partial charge in [-0.2, -0.15) is 0 Å². The molecular weight excluding hydrogens is 412 g/mol. The highest BCUT2D eigenvalue weighted by Crippen LogP contribution is 2.25. The molecule has 0 aliphatic heterocycles. The fourth-order valence-corrected chi connectivity index (χ4v) is 4.51. The molecule has 144 valence electrons. The van der Waals surface area contributed by atoms with E-state index in [0.29, 0.717) is 15.2 Å². The first-order chi connectivity index (χ1) is 13.7. The molecular formula is C19H18N4O2S3. The van der Waals surface area contributed by atoms with Gasteiger partial charge in [-0.25, -0.2) is 0 Å². The van der Waals surface area contributed by atoms with Gasteiger partial charge in [-0.05, 0) is 17.7 Å². The SMILES string of the molecule is O=C(CSc1nnc(NC(=O)CSCc2ccccc2)s1)Nc1ccccc1. The van der Waals surface area contributed by atoms with Crippen LogP contribution in [0.15, 0.2) is 65.0 Å². The smallest absolute Gasteiger partial charge is 0.236 e. The predicted octanol–water partition coefficient (Wildman–Crippen LogP) is 4.14. The number of hydrogen-bond acceptors (Lipinski definition) is 7. The Bertz CT molecular complexity index is 904. The standard InChI is InChI=1S/C19H18N4O2S3/c24-16(12-26-11-14-7-3-1-4-8-14)21-18-22-23-19(28-18)27-13-17(25)20-15-9-5-2-6-10-15/h1-10H,11-13H2,(H,20,25)(H,21,22,24). The zero-order valence-electron chi connectivity index (χ0n) is 14.8. The molecule has 0 aliphatic carbocycles. The Balaban J connectivity index is 1.37. The lowest BCUT2D eigenvalue weighted by Gasteiger charge is -2.03. The van der Waals surface area contributed by atoms with Gasteiger partial charge in [0.15, 0.2) is 4.34 Å². The highest BCUT2D eigenvalue weighted by molar-refractivity contribution is 8.01. The number of nitrogens with one attached hydrogen (secondary N) is 2. The number of thioether (sulfide) groups is 2. The summed E-state index contributed by atoms with van der Waals surface area (Å²) in [5.74, 6) is 1.12. The molecule has 0 bridgehead atoms. The highest BCUT2D eigenvalue weighted by atomic mass is 32.2. The van der Waals surface area contributed by atoms with Crippen LogP contribution < -0.4 is 10.6 Å². The molecule has 0 aliphatic rings. The van der Waals surface area contributed by atoms with E-state index in [1.54, 1.807) is 11.8 Å². The Kier molecular flexibility index (Phi) is 7.89. The molecule has 0 saturated heterocycles. The van der Waals surface area contributed by atoms with Crippen LogP contribution in [0.25, 0.3) is 0 Å². The number of rotatable bonds is 9. The van der Waals surface area contributed by atoms with Crippen LogP contribution >= 0.6 is 34.9 Å². The third-order valence-corrected chi connectivity index (χ3v) is 6.36. The second-order valence-corrected chi connectivity index (χ2v) is 8.79. The van der Waals surface area contributed by atoms with E-state index in [-0.39, 0.29) is 17.6 Å². The van der Waals surface area contributed by atoms with Crippen molar-refractivity contribution in [3.05, 3.63) is 66.2 Å². The zero-order chi connectivity index (χ0) is 19.6. The van der Waals surface area contributed by atoms with Crippen LogP contribution in [0.3, 0.4) is 0 Å². The molecule has 2 N–H and O–H groups in total. The lowest BCUT2D eigenvalue weighted by molar-refractivity contribution is -0.114. The first-order valence-electron chi connectivity index (χ1n) is 8.42. The number of hydrogen-bond donors (Lipinski definition) is 2. The third kappa shape index (κ3) is 6.99. The molecule has 3 rings (SSSR count). The molecule has 2 aromatic carbocycles. The van der Waals surface area contributed by atoms with Gasteiger partial charge in [-0.1, -0.05) is 71.6 Å². The maximum atomic E-state index is 12.0. The van der Waals surface area contributed by atoms with Crippen LogP contribution in [0.2, 0.25) is 0 Å². The number of carbonyl (C=O) groups excluding carboxylic acids is 2. The minimum Gasteiger partial charge on any atom is -0.325 e. The van der Waals surface area contributed by atoms with E-state index >= 15 is 0 Å². The number of aromatic nitrogens is 2. The van der Waals surface area contributed by atoms with Crippen molar-refractivity contribution in [2.45, 2.75) is 10.1 Å². The highest BCUT2D eigenvalue weighted by Gasteiger charge is 2.11. The Morgan fingerprint density at radius 1 is 0.857 bits per heavy atom. The van der Waals surface area contributed by atoms with Crippen LogP contribution in [0, 0.1) is 0 Å². The molecule has 0 atom stereocenters. The lowest BCUT2D eigenvalue weighted by Crippen LogP contribution is -2.14. The Morgan fingerprint density at radius 2 is 1.54 bits per heavy atom. The second kappa shape index (κ2) is 10.8. The molecule has 1 aromatic heterocycles. The summed E-state index contributed by atoms with van der Waals surface area (Å²) in [6.07, 6.45) is 0. The number of benzene rings is 2. The molecule has 1 heterocycles. The topological polar surface area (TPSA) is 84.0 Å². The van der Waals surface area contributed by atoms with Crippen molar-refractivity contribution in [2.24, 2.45) is 0 Å². The van der Waals surface area contributed by atoms with Crippen LogP contribution in [-0.2, 0) is 15.3 Å². The van der Waals surface area contributed by atoms with E-state index in [4.69, 9.17) is 0 Å². The average Bonchev–Trinajstić information content (AvgIpc) is 3.15. The molecule has 2 amide bonds. The summed E-state index contributed by atoms with van der Waals surface area (Å²) >= 11 is 4.09. The summed E-state index contributed by atoms with van der Waals surface area (Å²) in [4.78, 5) is 24.0. The Hall–Kier alpha value is -2.36. The molecule has 28 heavy (non-hydrogen) atoms. The normalized spacial score (nSPS) is 10.4. The largest absolute Gasteiger partial charge is 0.325 e. The minimum absolute atomic E-state index is 0.115. The van der Waals surface area contributed by atoms with Gasteiger partial charge in [0.1, 0.15) is 0 Å². The fraction of sp³-hybridized carbons (Fsp3) is 0.158. The number of carbonyl (C=O) groups is 2. The molecule has 0 spiro atoms. The monoisotopic (exact) mass is 430 g/mol. The molecule has 6 nitrogen and oxygen atoms in total. The van der Waals surface area contributed by atoms with Crippen molar-refractivity contribution < 1.29 is 9.59 Å². The predicted molar refractivity (Wildman–Crippen MR) is 117 cm³/mol. The summed E-state index contributed by atoms with van der Waals surface area (Å²) in [5.41, 5.74) is 1.94. The van der Waals surface area contributed by atoms with Crippen molar-refractivity contribution in [2.75, 3.05) is 22.1 Å². The molecule has 3 aromatic rings. The average molecular weight is 431 g/mol. The molecule has 0 radical (unpaired) electrons. The van der Waals surface area contributed by atoms with Gasteiger partial charge in [0.05, 0.1) is 11.5 Å². The fourth-order valence-electron chi connectivity index (χ4n) is 2.16. The minimum atomic E-state index is -0.116. The van der Waals surface area contributed by atoms with Crippen molar-refractivity contribution >= 4 is 57.5 Å². The van der Waals surface area contributed by atoms with E-state index in [1.165, 1.54) is 28.7 Å². The third-order valence-electron chi connectivity index (χ3n) is 3.38. The number of amides is 2.